The van der Waals surface area contributed by atoms with Crippen LogP contribution in [0.2, 0.25) is 0 Å². The highest BCUT2D eigenvalue weighted by atomic mass is 35.5. The number of nitrogens with zero attached hydrogens (tertiary/aromatic N) is 1. The molecule has 0 radical (unpaired) electrons. The normalized spacial score (nSPS) is 20.3. The summed E-state index contributed by atoms with van der Waals surface area (Å²) >= 11 is 0. The van der Waals surface area contributed by atoms with Gasteiger partial charge >= 0.3 is 0 Å². The largest absolute Gasteiger partial charge is 0.329 e. The summed E-state index contributed by atoms with van der Waals surface area (Å²) in [5.41, 5.74) is 6.01. The molecule has 0 aliphatic carbocycles. The van der Waals surface area contributed by atoms with Gasteiger partial charge in [-0.3, -0.25) is 0 Å². The third-order valence-corrected chi connectivity index (χ3v) is 5.29. The molecule has 2 rings (SSSR count). The average molecular weight is 309 g/mol. The first kappa shape index (κ1) is 16.4. The summed E-state index contributed by atoms with van der Waals surface area (Å²) in [5, 5.41) is 0. The van der Waals surface area contributed by atoms with Crippen molar-refractivity contribution < 1.29 is 12.8 Å². The van der Waals surface area contributed by atoms with E-state index in [1.807, 2.05) is 0 Å². The molecule has 0 amide bonds. The second-order valence-corrected chi connectivity index (χ2v) is 6.45. The van der Waals surface area contributed by atoms with E-state index in [0.29, 0.717) is 18.7 Å². The first-order chi connectivity index (χ1) is 8.46. The summed E-state index contributed by atoms with van der Waals surface area (Å²) in [7, 11) is -3.63. The Bertz CT molecular complexity index is 551. The lowest BCUT2D eigenvalue weighted by molar-refractivity contribution is 0.392. The Morgan fingerprint density at radius 3 is 2.74 bits per heavy atom. The van der Waals surface area contributed by atoms with Gasteiger partial charge in [0.15, 0.2) is 0 Å². The molecular weight excluding hydrogens is 291 g/mol. The van der Waals surface area contributed by atoms with Crippen molar-refractivity contribution in [2.45, 2.75) is 30.7 Å². The van der Waals surface area contributed by atoms with E-state index < -0.39 is 15.8 Å². The van der Waals surface area contributed by atoms with Gasteiger partial charge in [0.1, 0.15) is 5.82 Å². The van der Waals surface area contributed by atoms with Gasteiger partial charge in [-0.25, -0.2) is 12.8 Å². The third kappa shape index (κ3) is 3.08. The predicted molar refractivity (Wildman–Crippen MR) is 74.4 cm³/mol. The summed E-state index contributed by atoms with van der Waals surface area (Å²) in [6.45, 7) is 2.36. The van der Waals surface area contributed by atoms with Crippen molar-refractivity contribution in [2.24, 2.45) is 5.73 Å². The highest BCUT2D eigenvalue weighted by Gasteiger charge is 2.34. The quantitative estimate of drug-likeness (QED) is 0.924. The number of benzene rings is 1. The highest BCUT2D eigenvalue weighted by Crippen LogP contribution is 2.26. The second-order valence-electron chi connectivity index (χ2n) is 4.56. The van der Waals surface area contributed by atoms with Gasteiger partial charge in [-0.2, -0.15) is 4.31 Å². The monoisotopic (exact) mass is 308 g/mol. The minimum atomic E-state index is -3.63. The van der Waals surface area contributed by atoms with Crippen LogP contribution < -0.4 is 5.73 Å². The van der Waals surface area contributed by atoms with Gasteiger partial charge in [0.25, 0.3) is 0 Å². The van der Waals surface area contributed by atoms with Crippen LogP contribution in [0.3, 0.4) is 0 Å². The van der Waals surface area contributed by atoms with E-state index in [2.05, 4.69) is 0 Å². The van der Waals surface area contributed by atoms with Gasteiger partial charge in [-0.15, -0.1) is 12.4 Å². The summed E-state index contributed by atoms with van der Waals surface area (Å²) in [6, 6.07) is 3.84. The maximum Gasteiger partial charge on any atom is 0.243 e. The number of aryl methyl sites for hydroxylation is 1. The lowest BCUT2D eigenvalue weighted by Crippen LogP contribution is -2.39. The molecule has 2 N–H and O–H groups in total. The van der Waals surface area contributed by atoms with Crippen molar-refractivity contribution in [3.8, 4) is 0 Å². The van der Waals surface area contributed by atoms with Gasteiger partial charge in [0.05, 0.1) is 4.90 Å². The van der Waals surface area contributed by atoms with Crippen molar-refractivity contribution in [1.29, 1.82) is 0 Å². The van der Waals surface area contributed by atoms with Crippen LogP contribution in [0.4, 0.5) is 4.39 Å². The Labute approximate surface area is 119 Å². The van der Waals surface area contributed by atoms with Gasteiger partial charge in [0, 0.05) is 19.1 Å². The molecule has 0 aromatic heterocycles. The summed E-state index contributed by atoms with van der Waals surface area (Å²) in [6.07, 6.45) is 1.57. The summed E-state index contributed by atoms with van der Waals surface area (Å²) in [5.74, 6) is -0.500. The minimum absolute atomic E-state index is 0. The average Bonchev–Trinajstić information content (AvgIpc) is 2.81. The van der Waals surface area contributed by atoms with E-state index in [1.165, 1.54) is 16.4 Å². The molecular formula is C12H18ClFN2O2S. The van der Waals surface area contributed by atoms with Gasteiger partial charge in [-0.1, -0.05) is 6.07 Å². The SMILES string of the molecule is Cc1ccc(S(=O)(=O)N2CCCC2CN)cc1F.Cl. The number of nitrogens with two attached hydrogens (primary N) is 1. The molecule has 0 saturated carbocycles. The van der Waals surface area contributed by atoms with E-state index in [4.69, 9.17) is 5.73 Å². The second kappa shape index (κ2) is 6.17. The maximum atomic E-state index is 13.5. The van der Waals surface area contributed by atoms with Crippen LogP contribution in [0.15, 0.2) is 23.1 Å². The van der Waals surface area contributed by atoms with Crippen LogP contribution in [0.25, 0.3) is 0 Å². The molecule has 0 bridgehead atoms. The molecule has 7 heteroatoms. The first-order valence-electron chi connectivity index (χ1n) is 5.95. The van der Waals surface area contributed by atoms with Crippen molar-refractivity contribution in [3.63, 3.8) is 0 Å². The van der Waals surface area contributed by atoms with Crippen molar-refractivity contribution in [1.82, 2.24) is 4.31 Å². The molecule has 0 spiro atoms. The molecule has 1 unspecified atom stereocenters. The maximum absolute atomic E-state index is 13.5. The van der Waals surface area contributed by atoms with Crippen molar-refractivity contribution in [2.75, 3.05) is 13.1 Å². The third-order valence-electron chi connectivity index (χ3n) is 3.35. The smallest absolute Gasteiger partial charge is 0.243 e. The van der Waals surface area contributed by atoms with Crippen LogP contribution in [-0.4, -0.2) is 31.9 Å². The lowest BCUT2D eigenvalue weighted by Gasteiger charge is -2.22. The summed E-state index contributed by atoms with van der Waals surface area (Å²) in [4.78, 5) is 0.00551. The lowest BCUT2D eigenvalue weighted by atomic mass is 10.2. The molecule has 1 heterocycles. The van der Waals surface area contributed by atoms with Crippen molar-refractivity contribution in [3.05, 3.63) is 29.6 Å². The highest BCUT2D eigenvalue weighted by molar-refractivity contribution is 7.89. The van der Waals surface area contributed by atoms with Gasteiger partial charge < -0.3 is 5.73 Å². The van der Waals surface area contributed by atoms with Gasteiger partial charge in [-0.05, 0) is 37.5 Å². The molecule has 108 valence electrons. The number of hydrogen-bond donors (Lipinski definition) is 1. The molecule has 1 atom stereocenters. The van der Waals surface area contributed by atoms with Crippen LogP contribution in [0.5, 0.6) is 0 Å². The van der Waals surface area contributed by atoms with E-state index in [-0.39, 0.29) is 23.3 Å². The molecule has 19 heavy (non-hydrogen) atoms. The Hall–Kier alpha value is -0.690. The Balaban J connectivity index is 0.00000180. The molecule has 1 aromatic carbocycles. The summed E-state index contributed by atoms with van der Waals surface area (Å²) < 4.78 is 39.6. The fraction of sp³-hybridized carbons (Fsp3) is 0.500. The molecule has 1 aliphatic heterocycles. The Kier molecular flexibility index (Phi) is 5.32. The van der Waals surface area contributed by atoms with Crippen molar-refractivity contribution >= 4 is 22.4 Å². The molecule has 1 saturated heterocycles. The fourth-order valence-corrected chi connectivity index (χ4v) is 3.95. The number of sulfonamides is 1. The molecule has 1 fully saturated rings. The van der Waals surface area contributed by atoms with E-state index in [0.717, 1.165) is 18.9 Å². The van der Waals surface area contributed by atoms with Crippen LogP contribution in [0, 0.1) is 12.7 Å². The van der Waals surface area contributed by atoms with Crippen LogP contribution in [0.1, 0.15) is 18.4 Å². The minimum Gasteiger partial charge on any atom is -0.329 e. The standard InChI is InChI=1S/C12H17FN2O2S.ClH/c1-9-4-5-11(7-12(9)13)18(16,17)15-6-2-3-10(15)8-14;/h4-5,7,10H,2-3,6,8,14H2,1H3;1H. The number of hydrogen-bond acceptors (Lipinski definition) is 3. The number of rotatable bonds is 3. The Morgan fingerprint density at radius 1 is 1.47 bits per heavy atom. The van der Waals surface area contributed by atoms with Gasteiger partial charge in [0.2, 0.25) is 10.0 Å². The topological polar surface area (TPSA) is 63.4 Å². The molecule has 1 aliphatic rings. The molecule has 4 nitrogen and oxygen atoms in total. The zero-order valence-electron chi connectivity index (χ0n) is 10.7. The fourth-order valence-electron chi connectivity index (χ4n) is 2.23. The van der Waals surface area contributed by atoms with Crippen LogP contribution >= 0.6 is 12.4 Å². The zero-order valence-corrected chi connectivity index (χ0v) is 12.3. The first-order valence-corrected chi connectivity index (χ1v) is 7.39. The zero-order chi connectivity index (χ0) is 13.3. The number of halogens is 2. The molecule has 1 aromatic rings. The Morgan fingerprint density at radius 2 is 2.16 bits per heavy atom. The van der Waals surface area contributed by atoms with E-state index in [9.17, 15) is 12.8 Å². The predicted octanol–water partition coefficient (Wildman–Crippen LogP) is 1.67. The van der Waals surface area contributed by atoms with Crippen LogP contribution in [-0.2, 0) is 10.0 Å². The van der Waals surface area contributed by atoms with E-state index in [1.54, 1.807) is 6.92 Å². The van der Waals surface area contributed by atoms with E-state index >= 15 is 0 Å².